The van der Waals surface area contributed by atoms with Gasteiger partial charge >= 0.3 is 0 Å². The lowest BCUT2D eigenvalue weighted by Crippen LogP contribution is -2.22. The summed E-state index contributed by atoms with van der Waals surface area (Å²) in [7, 11) is 0. The molecule has 0 atom stereocenters. The van der Waals surface area contributed by atoms with Gasteiger partial charge in [0, 0.05) is 10.8 Å². The first-order chi connectivity index (χ1) is 10.8. The van der Waals surface area contributed by atoms with Crippen LogP contribution >= 0.6 is 0 Å². The highest BCUT2D eigenvalue weighted by Gasteiger charge is 2.15. The lowest BCUT2D eigenvalue weighted by molar-refractivity contribution is 1.57. The largest absolute Gasteiger partial charge is 0.286 e. The monoisotopic (exact) mass is 282 g/mol. The van der Waals surface area contributed by atoms with Crippen molar-refractivity contribution in [3.8, 4) is 0 Å². The molecule has 0 unspecified atom stereocenters. The highest BCUT2D eigenvalue weighted by molar-refractivity contribution is 6.32. The van der Waals surface area contributed by atoms with E-state index in [1.165, 1.54) is 6.07 Å². The maximum Gasteiger partial charge on any atom is 0.234 e. The van der Waals surface area contributed by atoms with Crippen molar-refractivity contribution in [2.75, 3.05) is 0 Å². The summed E-state index contributed by atoms with van der Waals surface area (Å²) >= 11 is 0. The Hall–Kier alpha value is -3.00. The fourth-order valence-electron chi connectivity index (χ4n) is 3.67. The molecule has 0 radical (unpaired) electrons. The summed E-state index contributed by atoms with van der Waals surface area (Å²) in [5, 5.41) is 7.49. The molecule has 0 aromatic heterocycles. The van der Waals surface area contributed by atoms with Crippen molar-refractivity contribution in [3.63, 3.8) is 0 Å². The maximum absolute atomic E-state index is 12.5. The molecule has 5 aromatic carbocycles. The fraction of sp³-hybridized carbons (Fsp3) is 0. The van der Waals surface area contributed by atoms with Crippen molar-refractivity contribution in [2.24, 2.45) is 0 Å². The minimum Gasteiger partial charge on any atom is -0.286 e. The Morgan fingerprint density at radius 1 is 0.545 bits per heavy atom. The van der Waals surface area contributed by atoms with Crippen LogP contribution in [-0.4, -0.2) is 0 Å². The quantitative estimate of drug-likeness (QED) is 0.245. The normalized spacial score (nSPS) is 12.0. The Bertz CT molecular complexity index is 1300. The van der Waals surface area contributed by atoms with Crippen molar-refractivity contribution in [2.45, 2.75) is 0 Å². The van der Waals surface area contributed by atoms with Crippen LogP contribution in [0.4, 0.5) is 0 Å². The van der Waals surface area contributed by atoms with Crippen molar-refractivity contribution in [1.29, 1.82) is 0 Å². The molecule has 0 saturated heterocycles. The summed E-state index contributed by atoms with van der Waals surface area (Å²) in [6, 6.07) is 19.4. The van der Waals surface area contributed by atoms with Gasteiger partial charge in [-0.25, -0.2) is 0 Å². The topological polar surface area (TPSA) is 34.1 Å². The second-order valence-electron chi connectivity index (χ2n) is 5.69. The molecule has 5 rings (SSSR count). The van der Waals surface area contributed by atoms with E-state index in [0.717, 1.165) is 37.7 Å². The zero-order chi connectivity index (χ0) is 14.8. The molecule has 0 bridgehead atoms. The molecule has 2 heteroatoms. The van der Waals surface area contributed by atoms with Gasteiger partial charge in [0.1, 0.15) is 0 Å². The third-order valence-corrected chi connectivity index (χ3v) is 4.55. The second-order valence-corrected chi connectivity index (χ2v) is 5.69. The van der Waals surface area contributed by atoms with E-state index in [4.69, 9.17) is 0 Å². The number of hydrogen-bond acceptors (Lipinski definition) is 2. The van der Waals surface area contributed by atoms with Crippen molar-refractivity contribution in [3.05, 3.63) is 81.1 Å². The van der Waals surface area contributed by atoms with E-state index in [1.54, 1.807) is 0 Å². The number of rotatable bonds is 0. The van der Waals surface area contributed by atoms with Gasteiger partial charge in [0.25, 0.3) is 0 Å². The third kappa shape index (κ3) is 1.25. The van der Waals surface area contributed by atoms with Crippen molar-refractivity contribution < 1.29 is 0 Å². The van der Waals surface area contributed by atoms with Gasteiger partial charge in [0.15, 0.2) is 0 Å². The van der Waals surface area contributed by atoms with E-state index in [-0.39, 0.29) is 0 Å². The summed E-state index contributed by atoms with van der Waals surface area (Å²) < 4.78 is 0. The van der Waals surface area contributed by atoms with Gasteiger partial charge in [0.05, 0.1) is 0 Å². The predicted molar refractivity (Wildman–Crippen MR) is 91.4 cm³/mol. The Labute approximate surface area is 124 Å². The minimum absolute atomic E-state index is 0.401. The highest BCUT2D eigenvalue weighted by Crippen LogP contribution is 2.37. The molecule has 0 saturated carbocycles. The number of benzene rings is 5. The summed E-state index contributed by atoms with van der Waals surface area (Å²) in [6.45, 7) is 0. The maximum atomic E-state index is 12.5. The van der Waals surface area contributed by atoms with E-state index in [1.807, 2.05) is 48.5 Å². The van der Waals surface area contributed by atoms with Gasteiger partial charge in [-0.2, -0.15) is 0 Å². The van der Waals surface area contributed by atoms with Crippen LogP contribution in [0, 0.1) is 0 Å². The van der Waals surface area contributed by atoms with Crippen LogP contribution in [0.5, 0.6) is 0 Å². The molecule has 22 heavy (non-hydrogen) atoms. The molecule has 0 aliphatic heterocycles. The summed E-state index contributed by atoms with van der Waals surface area (Å²) in [5.41, 5.74) is -0.835. The summed E-state index contributed by atoms with van der Waals surface area (Å²) in [5.74, 6) is 0. The van der Waals surface area contributed by atoms with Gasteiger partial charge in [-0.15, -0.1) is 0 Å². The molecular formula is C20H10O2. The molecule has 0 aliphatic carbocycles. The molecule has 0 amide bonds. The van der Waals surface area contributed by atoms with Gasteiger partial charge in [0.2, 0.25) is 10.9 Å². The average molecular weight is 282 g/mol. The third-order valence-electron chi connectivity index (χ3n) is 4.55. The van der Waals surface area contributed by atoms with Crippen LogP contribution in [0.1, 0.15) is 0 Å². The average Bonchev–Trinajstić information content (AvgIpc) is 2.55. The Kier molecular flexibility index (Phi) is 2.01. The molecule has 0 spiro atoms. The Morgan fingerprint density at radius 3 is 1.86 bits per heavy atom. The van der Waals surface area contributed by atoms with Crippen LogP contribution in [0.2, 0.25) is 0 Å². The standard InChI is InChI=1S/C20H10O2/c21-16-10-12-6-3-8-14-13-7-1-4-11-5-2-9-15(17(11)13)19(18(12)14)20(16)22/h1-10H. The van der Waals surface area contributed by atoms with Gasteiger partial charge in [-0.3, -0.25) is 9.59 Å². The molecule has 0 heterocycles. The lowest BCUT2D eigenvalue weighted by Gasteiger charge is -2.12. The van der Waals surface area contributed by atoms with E-state index in [2.05, 4.69) is 6.07 Å². The van der Waals surface area contributed by atoms with E-state index in [0.29, 0.717) is 5.39 Å². The summed E-state index contributed by atoms with van der Waals surface area (Å²) in [4.78, 5) is 24.6. The molecule has 102 valence electrons. The van der Waals surface area contributed by atoms with Gasteiger partial charge in [-0.1, -0.05) is 54.6 Å². The van der Waals surface area contributed by atoms with Crippen LogP contribution in [0.3, 0.4) is 0 Å². The predicted octanol–water partition coefficient (Wildman–Crippen LogP) is 3.90. The lowest BCUT2D eigenvalue weighted by atomic mass is 9.90. The van der Waals surface area contributed by atoms with Crippen molar-refractivity contribution >= 4 is 43.1 Å². The second kappa shape index (κ2) is 3.80. The molecule has 5 aromatic rings. The zero-order valence-electron chi connectivity index (χ0n) is 11.6. The Balaban J connectivity index is 2.38. The minimum atomic E-state index is -0.434. The number of hydrogen-bond donors (Lipinski definition) is 0. The molecule has 0 fully saturated rings. The van der Waals surface area contributed by atoms with Crippen LogP contribution in [0.15, 0.2) is 70.3 Å². The van der Waals surface area contributed by atoms with Crippen LogP contribution in [-0.2, 0) is 0 Å². The van der Waals surface area contributed by atoms with Gasteiger partial charge < -0.3 is 0 Å². The smallest absolute Gasteiger partial charge is 0.234 e. The fourth-order valence-corrected chi connectivity index (χ4v) is 3.67. The molecule has 2 nitrogen and oxygen atoms in total. The number of fused-ring (bicyclic) bond motifs is 2. The summed E-state index contributed by atoms with van der Waals surface area (Å²) in [6.07, 6.45) is 0. The van der Waals surface area contributed by atoms with E-state index in [9.17, 15) is 9.59 Å². The SMILES string of the molecule is O=c1cc2cccc3c4cccc5cccc(c(c1=O)c23)c54. The first kappa shape index (κ1) is 11.6. The highest BCUT2D eigenvalue weighted by atomic mass is 16.2. The molecule has 0 N–H and O–H groups in total. The van der Waals surface area contributed by atoms with Gasteiger partial charge in [-0.05, 0) is 38.4 Å². The van der Waals surface area contributed by atoms with Crippen molar-refractivity contribution in [1.82, 2.24) is 0 Å². The van der Waals surface area contributed by atoms with Crippen LogP contribution < -0.4 is 10.9 Å². The Morgan fingerprint density at radius 2 is 1.14 bits per heavy atom. The molecule has 0 aliphatic rings. The van der Waals surface area contributed by atoms with E-state index >= 15 is 0 Å². The van der Waals surface area contributed by atoms with Crippen LogP contribution in [0.25, 0.3) is 43.1 Å². The molecular weight excluding hydrogens is 272 g/mol. The zero-order valence-corrected chi connectivity index (χ0v) is 11.6. The van der Waals surface area contributed by atoms with E-state index < -0.39 is 10.9 Å². The first-order valence-corrected chi connectivity index (χ1v) is 7.22. The first-order valence-electron chi connectivity index (χ1n) is 7.22.